The average molecular weight is 430 g/mol. The third kappa shape index (κ3) is 5.47. The molecule has 1 aliphatic heterocycles. The molecule has 0 saturated heterocycles. The molecule has 0 bridgehead atoms. The molecule has 3 rings (SSSR count). The molecule has 1 aromatic carbocycles. The van der Waals surface area contributed by atoms with Gasteiger partial charge < -0.3 is 19.5 Å². The first-order chi connectivity index (χ1) is 13.0. The standard InChI is InChI=1S/C16H16ClN3O5S2/c1-2-23-13(22)8-26-16-20-19-15(27-16)18-12(21)7-9-5-10(17)14-11(6-9)24-3-4-25-14/h5-6H,2-4,7-8H2,1H3,(H,18,19,21). The molecular weight excluding hydrogens is 414 g/mol. The smallest absolute Gasteiger partial charge is 0.316 e. The summed E-state index contributed by atoms with van der Waals surface area (Å²) in [7, 11) is 0. The highest BCUT2D eigenvalue weighted by molar-refractivity contribution is 8.01. The second-order valence-electron chi connectivity index (χ2n) is 5.29. The molecule has 1 aliphatic rings. The molecule has 1 amide bonds. The van der Waals surface area contributed by atoms with E-state index in [1.54, 1.807) is 19.1 Å². The first-order valence-electron chi connectivity index (χ1n) is 8.05. The molecule has 11 heteroatoms. The Balaban J connectivity index is 1.55. The van der Waals surface area contributed by atoms with Gasteiger partial charge in [-0.1, -0.05) is 34.7 Å². The van der Waals surface area contributed by atoms with Gasteiger partial charge in [0, 0.05) is 0 Å². The van der Waals surface area contributed by atoms with Gasteiger partial charge in [0.15, 0.2) is 15.8 Å². The number of nitrogens with one attached hydrogen (secondary N) is 1. The molecule has 0 atom stereocenters. The molecule has 0 spiro atoms. The van der Waals surface area contributed by atoms with Crippen LogP contribution >= 0.6 is 34.7 Å². The number of thioether (sulfide) groups is 1. The van der Waals surface area contributed by atoms with Crippen LogP contribution in [0.25, 0.3) is 0 Å². The number of esters is 1. The lowest BCUT2D eigenvalue weighted by Gasteiger charge is -2.20. The van der Waals surface area contributed by atoms with Crippen molar-refractivity contribution in [1.29, 1.82) is 0 Å². The zero-order valence-electron chi connectivity index (χ0n) is 14.3. The van der Waals surface area contributed by atoms with E-state index in [-0.39, 0.29) is 24.1 Å². The summed E-state index contributed by atoms with van der Waals surface area (Å²) in [5.41, 5.74) is 0.697. The fraction of sp³-hybridized carbons (Fsp3) is 0.375. The molecule has 8 nitrogen and oxygen atoms in total. The molecule has 1 aromatic heterocycles. The van der Waals surface area contributed by atoms with Gasteiger partial charge in [0.2, 0.25) is 11.0 Å². The van der Waals surface area contributed by atoms with Crippen LogP contribution in [0.1, 0.15) is 12.5 Å². The summed E-state index contributed by atoms with van der Waals surface area (Å²) in [5, 5.41) is 11.3. The van der Waals surface area contributed by atoms with E-state index in [1.165, 1.54) is 23.1 Å². The first kappa shape index (κ1) is 19.7. The van der Waals surface area contributed by atoms with E-state index in [9.17, 15) is 9.59 Å². The lowest BCUT2D eigenvalue weighted by Crippen LogP contribution is -2.17. The Morgan fingerprint density at radius 2 is 2.15 bits per heavy atom. The van der Waals surface area contributed by atoms with Crippen molar-refractivity contribution in [2.45, 2.75) is 17.7 Å². The largest absolute Gasteiger partial charge is 0.486 e. The number of benzene rings is 1. The van der Waals surface area contributed by atoms with Crippen molar-refractivity contribution >= 4 is 51.7 Å². The Labute approximate surface area is 168 Å². The lowest BCUT2D eigenvalue weighted by molar-refractivity contribution is -0.139. The second-order valence-corrected chi connectivity index (χ2v) is 7.90. The Morgan fingerprint density at radius 3 is 2.96 bits per heavy atom. The van der Waals surface area contributed by atoms with Crippen LogP contribution in [0, 0.1) is 0 Å². The van der Waals surface area contributed by atoms with Gasteiger partial charge in [0.05, 0.1) is 23.8 Å². The maximum Gasteiger partial charge on any atom is 0.316 e. The van der Waals surface area contributed by atoms with E-state index in [0.717, 1.165) is 0 Å². The van der Waals surface area contributed by atoms with Crippen LogP contribution < -0.4 is 14.8 Å². The van der Waals surface area contributed by atoms with E-state index < -0.39 is 0 Å². The number of carbonyl (C=O) groups excluding carboxylic acids is 2. The zero-order valence-corrected chi connectivity index (χ0v) is 16.7. The molecular formula is C16H16ClN3O5S2. The van der Waals surface area contributed by atoms with Crippen molar-refractivity contribution in [1.82, 2.24) is 10.2 Å². The molecule has 2 heterocycles. The Morgan fingerprint density at radius 1 is 1.33 bits per heavy atom. The summed E-state index contributed by atoms with van der Waals surface area (Å²) in [5.74, 6) is 0.593. The molecule has 1 N–H and O–H groups in total. The maximum absolute atomic E-state index is 12.3. The molecule has 27 heavy (non-hydrogen) atoms. The first-order valence-corrected chi connectivity index (χ1v) is 10.2. The van der Waals surface area contributed by atoms with E-state index in [1.807, 2.05) is 0 Å². The Bertz CT molecular complexity index is 845. The second kappa shape index (κ2) is 9.25. The fourth-order valence-electron chi connectivity index (χ4n) is 2.26. The number of hydrogen-bond acceptors (Lipinski definition) is 9. The number of halogens is 1. The van der Waals surface area contributed by atoms with Crippen LogP contribution in [0.3, 0.4) is 0 Å². The van der Waals surface area contributed by atoms with Gasteiger partial charge in [-0.3, -0.25) is 9.59 Å². The number of amides is 1. The number of fused-ring (bicyclic) bond motifs is 1. The van der Waals surface area contributed by atoms with Gasteiger partial charge in [-0.15, -0.1) is 10.2 Å². The molecule has 0 radical (unpaired) electrons. The summed E-state index contributed by atoms with van der Waals surface area (Å²) in [6.07, 6.45) is 0.0985. The molecule has 0 aliphatic carbocycles. The maximum atomic E-state index is 12.3. The number of nitrogens with zero attached hydrogens (tertiary/aromatic N) is 2. The van der Waals surface area contributed by atoms with Crippen molar-refractivity contribution in [3.63, 3.8) is 0 Å². The number of aromatic nitrogens is 2. The van der Waals surface area contributed by atoms with E-state index >= 15 is 0 Å². The molecule has 144 valence electrons. The van der Waals surface area contributed by atoms with Crippen LogP contribution in [-0.2, 0) is 20.7 Å². The van der Waals surface area contributed by atoms with Crippen LogP contribution in [-0.4, -0.2) is 47.6 Å². The van der Waals surface area contributed by atoms with Crippen LogP contribution in [0.15, 0.2) is 16.5 Å². The van der Waals surface area contributed by atoms with Gasteiger partial charge >= 0.3 is 5.97 Å². The monoisotopic (exact) mass is 429 g/mol. The third-order valence-electron chi connectivity index (χ3n) is 3.29. The van der Waals surface area contributed by atoms with Crippen molar-refractivity contribution in [2.75, 3.05) is 30.9 Å². The molecule has 2 aromatic rings. The van der Waals surface area contributed by atoms with Gasteiger partial charge in [0.25, 0.3) is 0 Å². The van der Waals surface area contributed by atoms with Crippen molar-refractivity contribution in [3.8, 4) is 11.5 Å². The highest BCUT2D eigenvalue weighted by atomic mass is 35.5. The number of hydrogen-bond donors (Lipinski definition) is 1. The SMILES string of the molecule is CCOC(=O)CSc1nnc(NC(=O)Cc2cc(Cl)c3c(c2)OCCO3)s1. The fourth-order valence-corrected chi connectivity index (χ4v) is 4.11. The number of carbonyl (C=O) groups is 2. The number of ether oxygens (including phenoxy) is 3. The molecule has 0 unspecified atom stereocenters. The predicted molar refractivity (Wildman–Crippen MR) is 102 cm³/mol. The van der Waals surface area contributed by atoms with Crippen molar-refractivity contribution < 1.29 is 23.8 Å². The zero-order chi connectivity index (χ0) is 19.2. The quantitative estimate of drug-likeness (QED) is 0.407. The van der Waals surface area contributed by atoms with Gasteiger partial charge in [0.1, 0.15) is 13.2 Å². The minimum Gasteiger partial charge on any atom is -0.486 e. The minimum atomic E-state index is -0.321. The predicted octanol–water partition coefficient (Wildman–Crippen LogP) is 2.80. The Kier molecular flexibility index (Phi) is 6.75. The van der Waals surface area contributed by atoms with Crippen LogP contribution in [0.5, 0.6) is 11.5 Å². The Hall–Kier alpha value is -2.04. The number of anilines is 1. The molecule has 0 fully saturated rings. The van der Waals surface area contributed by atoms with E-state index in [4.69, 9.17) is 25.8 Å². The third-order valence-corrected chi connectivity index (χ3v) is 5.52. The van der Waals surface area contributed by atoms with Gasteiger partial charge in [-0.2, -0.15) is 0 Å². The highest BCUT2D eigenvalue weighted by Crippen LogP contribution is 2.38. The van der Waals surface area contributed by atoms with Crippen LogP contribution in [0.2, 0.25) is 5.02 Å². The number of rotatable bonds is 7. The summed E-state index contributed by atoms with van der Waals surface area (Å²) < 4.78 is 16.4. The minimum absolute atomic E-state index is 0.0985. The summed E-state index contributed by atoms with van der Waals surface area (Å²) in [6, 6.07) is 3.41. The van der Waals surface area contributed by atoms with Crippen LogP contribution in [0.4, 0.5) is 5.13 Å². The van der Waals surface area contributed by atoms with Gasteiger partial charge in [-0.05, 0) is 24.6 Å². The summed E-state index contributed by atoms with van der Waals surface area (Å²) in [6.45, 7) is 2.97. The van der Waals surface area contributed by atoms with E-state index in [0.29, 0.717) is 51.4 Å². The van der Waals surface area contributed by atoms with Crippen molar-refractivity contribution in [2.24, 2.45) is 0 Å². The normalized spacial score (nSPS) is 12.5. The van der Waals surface area contributed by atoms with Gasteiger partial charge in [-0.25, -0.2) is 0 Å². The molecule has 0 saturated carbocycles. The average Bonchev–Trinajstić information content (AvgIpc) is 3.07. The van der Waals surface area contributed by atoms with E-state index in [2.05, 4.69) is 15.5 Å². The highest BCUT2D eigenvalue weighted by Gasteiger charge is 2.18. The summed E-state index contributed by atoms with van der Waals surface area (Å²) in [4.78, 5) is 23.6. The summed E-state index contributed by atoms with van der Waals surface area (Å²) >= 11 is 8.58. The lowest BCUT2D eigenvalue weighted by atomic mass is 10.1. The topological polar surface area (TPSA) is 99.6 Å². The van der Waals surface area contributed by atoms with Crippen molar-refractivity contribution in [3.05, 3.63) is 22.7 Å².